The number of hydrogen-bond acceptors (Lipinski definition) is 2. The lowest BCUT2D eigenvalue weighted by Crippen LogP contribution is -2.35. The van der Waals surface area contributed by atoms with Gasteiger partial charge in [0.05, 0.1) is 16.3 Å². The molecular weight excluding hydrogens is 269 g/mol. The van der Waals surface area contributed by atoms with Gasteiger partial charge in [-0.3, -0.25) is 4.79 Å². The van der Waals surface area contributed by atoms with Gasteiger partial charge in [-0.05, 0) is 25.1 Å². The van der Waals surface area contributed by atoms with Crippen molar-refractivity contribution in [3.05, 3.63) is 28.8 Å². The highest BCUT2D eigenvalue weighted by Gasteiger charge is 2.31. The maximum Gasteiger partial charge on any atom is 0.416 e. The molecule has 1 atom stereocenters. The fourth-order valence-corrected chi connectivity index (χ4v) is 1.50. The Morgan fingerprint density at radius 2 is 2.00 bits per heavy atom. The Labute approximate surface area is 107 Å². The van der Waals surface area contributed by atoms with E-state index >= 15 is 0 Å². The number of amides is 1. The molecular formula is C11H12ClF3N2O. The first-order valence-corrected chi connectivity index (χ1v) is 5.48. The van der Waals surface area contributed by atoms with Gasteiger partial charge in [0.15, 0.2) is 0 Å². The maximum atomic E-state index is 12.5. The smallest absolute Gasteiger partial charge is 0.373 e. The lowest BCUT2D eigenvalue weighted by molar-refractivity contribution is -0.137. The Hall–Kier alpha value is -1.43. The molecule has 100 valence electrons. The molecule has 7 heteroatoms. The van der Waals surface area contributed by atoms with Crippen LogP contribution in [-0.2, 0) is 11.0 Å². The number of likely N-dealkylation sites (N-methyl/N-ethyl adjacent to an activating group) is 1. The monoisotopic (exact) mass is 280 g/mol. The lowest BCUT2D eigenvalue weighted by Gasteiger charge is -2.16. The summed E-state index contributed by atoms with van der Waals surface area (Å²) in [5.74, 6) is -0.344. The van der Waals surface area contributed by atoms with Crippen molar-refractivity contribution in [2.24, 2.45) is 0 Å². The van der Waals surface area contributed by atoms with E-state index in [-0.39, 0.29) is 16.6 Å². The Morgan fingerprint density at radius 1 is 1.39 bits per heavy atom. The van der Waals surface area contributed by atoms with Gasteiger partial charge in [0, 0.05) is 7.05 Å². The molecule has 1 amide bonds. The SMILES string of the molecule is CNC(=O)C(C)Nc1cc(C(F)(F)F)ccc1Cl. The molecule has 0 saturated heterocycles. The zero-order chi connectivity index (χ0) is 13.9. The van der Waals surface area contributed by atoms with Crippen LogP contribution in [-0.4, -0.2) is 19.0 Å². The summed E-state index contributed by atoms with van der Waals surface area (Å²) in [5.41, 5.74) is -0.749. The molecule has 18 heavy (non-hydrogen) atoms. The Kier molecular flexibility index (Phi) is 4.45. The molecule has 1 aromatic rings. The summed E-state index contributed by atoms with van der Waals surface area (Å²) in [6.45, 7) is 1.52. The predicted molar refractivity (Wildman–Crippen MR) is 63.6 cm³/mol. The van der Waals surface area contributed by atoms with Crippen LogP contribution in [0.25, 0.3) is 0 Å². The van der Waals surface area contributed by atoms with Crippen molar-refractivity contribution in [2.75, 3.05) is 12.4 Å². The highest BCUT2D eigenvalue weighted by Crippen LogP contribution is 2.33. The van der Waals surface area contributed by atoms with Gasteiger partial charge < -0.3 is 10.6 Å². The predicted octanol–water partition coefficient (Wildman–Crippen LogP) is 2.91. The van der Waals surface area contributed by atoms with Gasteiger partial charge >= 0.3 is 6.18 Å². The van der Waals surface area contributed by atoms with Gasteiger partial charge in [0.2, 0.25) is 5.91 Å². The number of benzene rings is 1. The third-order valence-electron chi connectivity index (χ3n) is 2.31. The van der Waals surface area contributed by atoms with Crippen molar-refractivity contribution in [3.63, 3.8) is 0 Å². The van der Waals surface area contributed by atoms with E-state index in [1.807, 2.05) is 0 Å². The third kappa shape index (κ3) is 3.53. The van der Waals surface area contributed by atoms with Crippen LogP contribution in [0.5, 0.6) is 0 Å². The second-order valence-electron chi connectivity index (χ2n) is 3.67. The average Bonchev–Trinajstić information content (AvgIpc) is 2.29. The van der Waals surface area contributed by atoms with Gasteiger partial charge in [0.1, 0.15) is 6.04 Å². The van der Waals surface area contributed by atoms with Crippen LogP contribution in [0.3, 0.4) is 0 Å². The maximum absolute atomic E-state index is 12.5. The standard InChI is InChI=1S/C11H12ClF3N2O/c1-6(10(18)16-2)17-9-5-7(11(13,14)15)3-4-8(9)12/h3-6,17H,1-2H3,(H,16,18). The number of alkyl halides is 3. The molecule has 0 aromatic heterocycles. The molecule has 0 heterocycles. The quantitative estimate of drug-likeness (QED) is 0.894. The molecule has 0 spiro atoms. The van der Waals surface area contributed by atoms with E-state index in [0.29, 0.717) is 0 Å². The second kappa shape index (κ2) is 5.48. The highest BCUT2D eigenvalue weighted by molar-refractivity contribution is 6.33. The van der Waals surface area contributed by atoms with E-state index in [2.05, 4.69) is 10.6 Å². The minimum absolute atomic E-state index is 0.0718. The van der Waals surface area contributed by atoms with Crippen LogP contribution in [0.15, 0.2) is 18.2 Å². The Bertz CT molecular complexity index is 448. The number of carbonyl (C=O) groups excluding carboxylic acids is 1. The molecule has 3 nitrogen and oxygen atoms in total. The summed E-state index contributed by atoms with van der Waals surface area (Å²) in [7, 11) is 1.44. The van der Waals surface area contributed by atoms with Crippen LogP contribution < -0.4 is 10.6 Å². The number of hydrogen-bond donors (Lipinski definition) is 2. The normalized spacial score (nSPS) is 13.0. The van der Waals surface area contributed by atoms with Gasteiger partial charge in [-0.15, -0.1) is 0 Å². The van der Waals surface area contributed by atoms with Gasteiger partial charge in [-0.1, -0.05) is 11.6 Å². The summed E-state index contributed by atoms with van der Waals surface area (Å²) in [6.07, 6.45) is -4.45. The number of anilines is 1. The Balaban J connectivity index is 2.98. The topological polar surface area (TPSA) is 41.1 Å². The number of carbonyl (C=O) groups is 1. The van der Waals surface area contributed by atoms with E-state index in [9.17, 15) is 18.0 Å². The number of nitrogens with one attached hydrogen (secondary N) is 2. The van der Waals surface area contributed by atoms with E-state index in [1.165, 1.54) is 14.0 Å². The molecule has 0 bridgehead atoms. The van der Waals surface area contributed by atoms with Gasteiger partial charge in [0.25, 0.3) is 0 Å². The van der Waals surface area contributed by atoms with Crippen LogP contribution in [0, 0.1) is 0 Å². The number of halogens is 4. The first-order chi connectivity index (χ1) is 8.25. The fourth-order valence-electron chi connectivity index (χ4n) is 1.33. The molecule has 1 unspecified atom stereocenters. The summed E-state index contributed by atoms with van der Waals surface area (Å²) >= 11 is 5.78. The zero-order valence-corrected chi connectivity index (χ0v) is 10.5. The summed E-state index contributed by atoms with van der Waals surface area (Å²) in [6, 6.07) is 2.22. The summed E-state index contributed by atoms with van der Waals surface area (Å²) < 4.78 is 37.5. The molecule has 0 aliphatic heterocycles. The first-order valence-electron chi connectivity index (χ1n) is 5.10. The average molecular weight is 281 g/mol. The Morgan fingerprint density at radius 3 is 2.50 bits per heavy atom. The molecule has 0 aliphatic carbocycles. The second-order valence-corrected chi connectivity index (χ2v) is 4.08. The van der Waals surface area contributed by atoms with E-state index < -0.39 is 17.8 Å². The number of rotatable bonds is 3. The molecule has 1 aromatic carbocycles. The third-order valence-corrected chi connectivity index (χ3v) is 2.63. The minimum atomic E-state index is -4.45. The fraction of sp³-hybridized carbons (Fsp3) is 0.364. The van der Waals surface area contributed by atoms with E-state index in [4.69, 9.17) is 11.6 Å². The molecule has 0 radical (unpaired) electrons. The summed E-state index contributed by atoms with van der Waals surface area (Å²) in [4.78, 5) is 11.3. The van der Waals surface area contributed by atoms with Crippen molar-refractivity contribution in [3.8, 4) is 0 Å². The van der Waals surface area contributed by atoms with E-state index in [0.717, 1.165) is 18.2 Å². The van der Waals surface area contributed by atoms with Crippen molar-refractivity contribution >= 4 is 23.2 Å². The summed E-state index contributed by atoms with van der Waals surface area (Å²) in [5, 5.41) is 5.14. The van der Waals surface area contributed by atoms with Crippen LogP contribution in [0.2, 0.25) is 5.02 Å². The first kappa shape index (κ1) is 14.6. The molecule has 0 fully saturated rings. The van der Waals surface area contributed by atoms with E-state index in [1.54, 1.807) is 0 Å². The van der Waals surface area contributed by atoms with Crippen molar-refractivity contribution in [1.29, 1.82) is 0 Å². The van der Waals surface area contributed by atoms with Crippen LogP contribution in [0.1, 0.15) is 12.5 Å². The largest absolute Gasteiger partial charge is 0.416 e. The highest BCUT2D eigenvalue weighted by atomic mass is 35.5. The van der Waals surface area contributed by atoms with Gasteiger partial charge in [-0.25, -0.2) is 0 Å². The lowest BCUT2D eigenvalue weighted by atomic mass is 10.1. The molecule has 0 saturated carbocycles. The molecule has 1 rings (SSSR count). The van der Waals surface area contributed by atoms with Crippen molar-refractivity contribution in [2.45, 2.75) is 19.1 Å². The zero-order valence-electron chi connectivity index (χ0n) is 9.73. The molecule has 0 aliphatic rings. The van der Waals surface area contributed by atoms with Crippen molar-refractivity contribution in [1.82, 2.24) is 5.32 Å². The van der Waals surface area contributed by atoms with Crippen LogP contribution in [0.4, 0.5) is 18.9 Å². The van der Waals surface area contributed by atoms with Crippen molar-refractivity contribution < 1.29 is 18.0 Å². The van der Waals surface area contributed by atoms with Gasteiger partial charge in [-0.2, -0.15) is 13.2 Å². The minimum Gasteiger partial charge on any atom is -0.373 e. The van der Waals surface area contributed by atoms with Crippen LogP contribution >= 0.6 is 11.6 Å². The molecule has 2 N–H and O–H groups in total.